The minimum absolute atomic E-state index is 0.114. The molecule has 1 N–H and O–H groups in total. The SMILES string of the molecule is CCN(Cc1ccc(OC)c(F)c1)Cc1nc2ccsc2c(=O)[nH]1. The van der Waals surface area contributed by atoms with Gasteiger partial charge in [0.05, 0.1) is 19.2 Å². The predicted octanol–water partition coefficient (Wildman–Crippen LogP) is 3.15. The number of nitrogens with one attached hydrogen (secondary N) is 1. The van der Waals surface area contributed by atoms with E-state index in [0.29, 0.717) is 29.1 Å². The topological polar surface area (TPSA) is 58.2 Å². The molecule has 5 nitrogen and oxygen atoms in total. The highest BCUT2D eigenvalue weighted by Crippen LogP contribution is 2.19. The van der Waals surface area contributed by atoms with Crippen molar-refractivity contribution in [2.75, 3.05) is 13.7 Å². The summed E-state index contributed by atoms with van der Waals surface area (Å²) in [5, 5.41) is 1.86. The number of hydrogen-bond donors (Lipinski definition) is 1. The lowest BCUT2D eigenvalue weighted by atomic mass is 10.2. The predicted molar refractivity (Wildman–Crippen MR) is 93.0 cm³/mol. The molecule has 0 atom stereocenters. The summed E-state index contributed by atoms with van der Waals surface area (Å²) in [6.07, 6.45) is 0. The van der Waals surface area contributed by atoms with Crippen LogP contribution in [0.4, 0.5) is 4.39 Å². The fourth-order valence-corrected chi connectivity index (χ4v) is 3.28. The normalized spacial score (nSPS) is 11.3. The number of thiophene rings is 1. The number of ether oxygens (including phenoxy) is 1. The average molecular weight is 347 g/mol. The number of methoxy groups -OCH3 is 1. The Balaban J connectivity index is 1.78. The highest BCUT2D eigenvalue weighted by molar-refractivity contribution is 7.17. The Kier molecular flexibility index (Phi) is 4.92. The molecule has 0 bridgehead atoms. The van der Waals surface area contributed by atoms with Gasteiger partial charge in [0.2, 0.25) is 0 Å². The quantitative estimate of drug-likeness (QED) is 0.744. The molecule has 3 rings (SSSR count). The molecule has 126 valence electrons. The molecule has 0 saturated carbocycles. The summed E-state index contributed by atoms with van der Waals surface area (Å²) in [6.45, 7) is 3.81. The number of rotatable bonds is 6. The highest BCUT2D eigenvalue weighted by atomic mass is 32.1. The molecule has 0 radical (unpaired) electrons. The Labute approximate surface area is 142 Å². The summed E-state index contributed by atoms with van der Waals surface area (Å²) in [7, 11) is 1.44. The van der Waals surface area contributed by atoms with Gasteiger partial charge in [0.1, 0.15) is 10.5 Å². The lowest BCUT2D eigenvalue weighted by Crippen LogP contribution is -2.25. The van der Waals surface area contributed by atoms with Gasteiger partial charge in [0.25, 0.3) is 5.56 Å². The zero-order chi connectivity index (χ0) is 17.1. The van der Waals surface area contributed by atoms with Gasteiger partial charge >= 0.3 is 0 Å². The average Bonchev–Trinajstić information content (AvgIpc) is 3.03. The fraction of sp³-hybridized carbons (Fsp3) is 0.294. The Hall–Kier alpha value is -2.25. The minimum atomic E-state index is -0.378. The van der Waals surface area contributed by atoms with E-state index in [1.54, 1.807) is 6.07 Å². The summed E-state index contributed by atoms with van der Waals surface area (Å²) < 4.78 is 19.4. The largest absolute Gasteiger partial charge is 0.494 e. The summed E-state index contributed by atoms with van der Waals surface area (Å²) in [4.78, 5) is 21.4. The number of nitrogens with zero attached hydrogens (tertiary/aromatic N) is 2. The summed E-state index contributed by atoms with van der Waals surface area (Å²) in [6, 6.07) is 6.77. The van der Waals surface area contributed by atoms with Gasteiger partial charge in [-0.15, -0.1) is 11.3 Å². The van der Waals surface area contributed by atoms with Crippen LogP contribution in [0.25, 0.3) is 10.2 Å². The van der Waals surface area contributed by atoms with Crippen LogP contribution in [-0.2, 0) is 13.1 Å². The van der Waals surface area contributed by atoms with Crippen LogP contribution in [-0.4, -0.2) is 28.5 Å². The zero-order valence-corrected chi connectivity index (χ0v) is 14.3. The molecule has 0 aliphatic carbocycles. The van der Waals surface area contributed by atoms with E-state index in [4.69, 9.17) is 4.74 Å². The molecule has 0 saturated heterocycles. The Bertz CT molecular complexity index is 906. The minimum Gasteiger partial charge on any atom is -0.494 e. The molecule has 0 aliphatic rings. The van der Waals surface area contributed by atoms with E-state index in [1.807, 2.05) is 24.4 Å². The number of aromatic amines is 1. The number of H-pyrrole nitrogens is 1. The lowest BCUT2D eigenvalue weighted by molar-refractivity contribution is 0.264. The Morgan fingerprint density at radius 1 is 1.33 bits per heavy atom. The van der Waals surface area contributed by atoms with Crippen LogP contribution in [0.15, 0.2) is 34.4 Å². The van der Waals surface area contributed by atoms with Crippen molar-refractivity contribution in [1.29, 1.82) is 0 Å². The lowest BCUT2D eigenvalue weighted by Gasteiger charge is -2.20. The molecule has 1 aromatic carbocycles. The van der Waals surface area contributed by atoms with Gasteiger partial charge in [-0.1, -0.05) is 13.0 Å². The van der Waals surface area contributed by atoms with Crippen LogP contribution in [0, 0.1) is 5.82 Å². The van der Waals surface area contributed by atoms with Crippen LogP contribution in [0.3, 0.4) is 0 Å². The molecule has 2 heterocycles. The van der Waals surface area contributed by atoms with Crippen LogP contribution in [0.2, 0.25) is 0 Å². The number of aromatic nitrogens is 2. The summed E-state index contributed by atoms with van der Waals surface area (Å²) in [5.74, 6) is 0.467. The maximum atomic E-state index is 13.8. The van der Waals surface area contributed by atoms with Crippen molar-refractivity contribution >= 4 is 21.6 Å². The molecule has 0 fully saturated rings. The van der Waals surface area contributed by atoms with Gasteiger partial charge in [0.15, 0.2) is 11.6 Å². The number of fused-ring (bicyclic) bond motifs is 1. The number of halogens is 1. The van der Waals surface area contributed by atoms with E-state index in [2.05, 4.69) is 14.9 Å². The van der Waals surface area contributed by atoms with Crippen molar-refractivity contribution in [3.05, 3.63) is 57.2 Å². The maximum absolute atomic E-state index is 13.8. The van der Waals surface area contributed by atoms with E-state index in [9.17, 15) is 9.18 Å². The highest BCUT2D eigenvalue weighted by Gasteiger charge is 2.11. The Morgan fingerprint density at radius 2 is 2.17 bits per heavy atom. The molecule has 0 unspecified atom stereocenters. The molecule has 0 spiro atoms. The Morgan fingerprint density at radius 3 is 2.88 bits per heavy atom. The van der Waals surface area contributed by atoms with Gasteiger partial charge < -0.3 is 9.72 Å². The van der Waals surface area contributed by atoms with Gasteiger partial charge in [0, 0.05) is 6.54 Å². The van der Waals surface area contributed by atoms with Gasteiger partial charge in [-0.2, -0.15) is 0 Å². The van der Waals surface area contributed by atoms with Gasteiger partial charge in [-0.3, -0.25) is 9.69 Å². The number of hydrogen-bond acceptors (Lipinski definition) is 5. The second kappa shape index (κ2) is 7.11. The third kappa shape index (κ3) is 3.47. The molecule has 3 aromatic rings. The van der Waals surface area contributed by atoms with Crippen molar-refractivity contribution in [2.45, 2.75) is 20.0 Å². The van der Waals surface area contributed by atoms with Crippen LogP contribution >= 0.6 is 11.3 Å². The second-order valence-corrected chi connectivity index (χ2v) is 6.34. The molecule has 2 aromatic heterocycles. The fourth-order valence-electron chi connectivity index (χ4n) is 2.55. The summed E-state index contributed by atoms with van der Waals surface area (Å²) >= 11 is 1.38. The first-order chi connectivity index (χ1) is 11.6. The number of benzene rings is 1. The standard InChI is InChI=1S/C17H18FN3O2S/c1-3-21(9-11-4-5-14(23-2)12(18)8-11)10-15-19-13-6-7-24-16(13)17(22)20-15/h4-8H,3,9-10H2,1-2H3,(H,19,20,22). The molecular formula is C17H18FN3O2S. The van der Waals surface area contributed by atoms with Gasteiger partial charge in [-0.05, 0) is 35.7 Å². The third-order valence-corrected chi connectivity index (χ3v) is 4.71. The molecular weight excluding hydrogens is 329 g/mol. The van der Waals surface area contributed by atoms with Crippen LogP contribution < -0.4 is 10.3 Å². The van der Waals surface area contributed by atoms with Crippen LogP contribution in [0.1, 0.15) is 18.3 Å². The van der Waals surface area contributed by atoms with E-state index < -0.39 is 0 Å². The molecule has 0 aliphatic heterocycles. The van der Waals surface area contributed by atoms with E-state index in [0.717, 1.165) is 12.1 Å². The van der Waals surface area contributed by atoms with Crippen molar-refractivity contribution in [1.82, 2.24) is 14.9 Å². The smallest absolute Gasteiger partial charge is 0.268 e. The molecule has 7 heteroatoms. The van der Waals surface area contributed by atoms with E-state index in [1.165, 1.54) is 24.5 Å². The molecule has 0 amide bonds. The summed E-state index contributed by atoms with van der Waals surface area (Å²) in [5.41, 5.74) is 1.44. The van der Waals surface area contributed by atoms with Crippen LogP contribution in [0.5, 0.6) is 5.75 Å². The van der Waals surface area contributed by atoms with Gasteiger partial charge in [-0.25, -0.2) is 9.37 Å². The van der Waals surface area contributed by atoms with Crippen molar-refractivity contribution < 1.29 is 9.13 Å². The zero-order valence-electron chi connectivity index (χ0n) is 13.5. The first kappa shape index (κ1) is 16.6. The van der Waals surface area contributed by atoms with Crippen molar-refractivity contribution in [2.24, 2.45) is 0 Å². The van der Waals surface area contributed by atoms with E-state index >= 15 is 0 Å². The van der Waals surface area contributed by atoms with Crippen molar-refractivity contribution in [3.8, 4) is 5.75 Å². The molecule has 24 heavy (non-hydrogen) atoms. The van der Waals surface area contributed by atoms with E-state index in [-0.39, 0.29) is 17.1 Å². The second-order valence-electron chi connectivity index (χ2n) is 5.42. The van der Waals surface area contributed by atoms with Crippen molar-refractivity contribution in [3.63, 3.8) is 0 Å². The monoisotopic (exact) mass is 347 g/mol. The third-order valence-electron chi connectivity index (χ3n) is 3.81. The first-order valence-corrected chi connectivity index (χ1v) is 8.50. The first-order valence-electron chi connectivity index (χ1n) is 7.62. The maximum Gasteiger partial charge on any atom is 0.268 e.